The molecule has 2 nitrogen and oxygen atoms in total. The fourth-order valence-electron chi connectivity index (χ4n) is 3.61. The van der Waals surface area contributed by atoms with Gasteiger partial charge in [-0.2, -0.15) is 0 Å². The van der Waals surface area contributed by atoms with Gasteiger partial charge in [-0.1, -0.05) is 48.0 Å². The quantitative estimate of drug-likeness (QED) is 0.763. The minimum absolute atomic E-state index is 0.00828. The van der Waals surface area contributed by atoms with Crippen molar-refractivity contribution in [3.8, 4) is 0 Å². The van der Waals surface area contributed by atoms with Crippen LogP contribution in [0.1, 0.15) is 67.7 Å². The number of hydrogen-bond donors (Lipinski definition) is 1. The lowest BCUT2D eigenvalue weighted by Gasteiger charge is -2.61. The van der Waals surface area contributed by atoms with Crippen LogP contribution in [0.15, 0.2) is 12.2 Å². The Labute approximate surface area is 118 Å². The zero-order valence-electron chi connectivity index (χ0n) is 13.6. The molecule has 2 heteroatoms. The SMILES string of the molecule is CC(=O)/C=C/C1(O)C(C)(C)CCCC1(C)C(C)(C)C. The fraction of sp³-hybridized carbons (Fsp3) is 0.824. The van der Waals surface area contributed by atoms with E-state index >= 15 is 0 Å². The number of carbonyl (C=O) groups is 1. The first-order valence-corrected chi connectivity index (χ1v) is 7.30. The van der Waals surface area contributed by atoms with Crippen LogP contribution in [0, 0.1) is 16.2 Å². The number of ketones is 1. The molecule has 1 rings (SSSR count). The molecular formula is C17H30O2. The van der Waals surface area contributed by atoms with Gasteiger partial charge < -0.3 is 5.11 Å². The van der Waals surface area contributed by atoms with Gasteiger partial charge in [-0.3, -0.25) is 4.79 Å². The molecule has 1 aliphatic carbocycles. The third-order valence-corrected chi connectivity index (χ3v) is 5.57. The molecule has 0 aromatic rings. The Morgan fingerprint density at radius 1 is 1.16 bits per heavy atom. The number of aliphatic hydroxyl groups is 1. The summed E-state index contributed by atoms with van der Waals surface area (Å²) >= 11 is 0. The van der Waals surface area contributed by atoms with Crippen molar-refractivity contribution < 1.29 is 9.90 Å². The highest BCUT2D eigenvalue weighted by molar-refractivity contribution is 5.87. The lowest BCUT2D eigenvalue weighted by molar-refractivity contribution is -0.190. The van der Waals surface area contributed by atoms with Crippen LogP contribution in [0.4, 0.5) is 0 Å². The highest BCUT2D eigenvalue weighted by Gasteiger charge is 2.60. The molecule has 1 fully saturated rings. The van der Waals surface area contributed by atoms with Crippen molar-refractivity contribution >= 4 is 5.78 Å². The molecular weight excluding hydrogens is 236 g/mol. The van der Waals surface area contributed by atoms with Crippen LogP contribution in [0.5, 0.6) is 0 Å². The van der Waals surface area contributed by atoms with E-state index in [9.17, 15) is 9.90 Å². The van der Waals surface area contributed by atoms with Crippen LogP contribution in [0.2, 0.25) is 0 Å². The smallest absolute Gasteiger partial charge is 0.152 e. The first kappa shape index (κ1) is 16.4. The Kier molecular flexibility index (Phi) is 4.09. The Morgan fingerprint density at radius 2 is 1.68 bits per heavy atom. The predicted molar refractivity (Wildman–Crippen MR) is 80.0 cm³/mol. The van der Waals surface area contributed by atoms with E-state index in [2.05, 4.69) is 41.5 Å². The third-order valence-electron chi connectivity index (χ3n) is 5.57. The maximum absolute atomic E-state index is 11.5. The van der Waals surface area contributed by atoms with Gasteiger partial charge in [0.2, 0.25) is 0 Å². The summed E-state index contributed by atoms with van der Waals surface area (Å²) < 4.78 is 0. The predicted octanol–water partition coefficient (Wildman–Crippen LogP) is 4.13. The van der Waals surface area contributed by atoms with E-state index < -0.39 is 5.60 Å². The zero-order chi connectivity index (χ0) is 15.1. The molecule has 1 saturated carbocycles. The molecule has 1 N–H and O–H groups in total. The fourth-order valence-corrected chi connectivity index (χ4v) is 3.61. The van der Waals surface area contributed by atoms with E-state index in [0.717, 1.165) is 19.3 Å². The zero-order valence-corrected chi connectivity index (χ0v) is 13.6. The van der Waals surface area contributed by atoms with Crippen molar-refractivity contribution in [3.05, 3.63) is 12.2 Å². The molecule has 0 spiro atoms. The van der Waals surface area contributed by atoms with Gasteiger partial charge in [0, 0.05) is 5.41 Å². The largest absolute Gasteiger partial charge is 0.385 e. The topological polar surface area (TPSA) is 37.3 Å². The molecule has 0 heterocycles. The van der Waals surface area contributed by atoms with Gasteiger partial charge in [0.1, 0.15) is 0 Å². The second kappa shape index (κ2) is 4.73. The summed E-state index contributed by atoms with van der Waals surface area (Å²) in [5.41, 5.74) is -1.45. The monoisotopic (exact) mass is 266 g/mol. The van der Waals surface area contributed by atoms with Crippen molar-refractivity contribution in [3.63, 3.8) is 0 Å². The van der Waals surface area contributed by atoms with Gasteiger partial charge in [0.05, 0.1) is 5.60 Å². The summed E-state index contributed by atoms with van der Waals surface area (Å²) in [6.45, 7) is 14.5. The molecule has 0 saturated heterocycles. The minimum Gasteiger partial charge on any atom is -0.385 e. The molecule has 2 unspecified atom stereocenters. The normalized spacial score (nSPS) is 35.6. The second-order valence-electron chi connectivity index (χ2n) is 8.03. The molecule has 0 aliphatic heterocycles. The second-order valence-corrected chi connectivity index (χ2v) is 8.03. The van der Waals surface area contributed by atoms with Gasteiger partial charge in [-0.25, -0.2) is 0 Å². The number of hydrogen-bond acceptors (Lipinski definition) is 2. The molecule has 0 amide bonds. The van der Waals surface area contributed by atoms with E-state index in [4.69, 9.17) is 0 Å². The van der Waals surface area contributed by atoms with Gasteiger partial charge in [-0.15, -0.1) is 0 Å². The van der Waals surface area contributed by atoms with Crippen LogP contribution in [-0.2, 0) is 4.79 Å². The van der Waals surface area contributed by atoms with E-state index in [0.29, 0.717) is 0 Å². The lowest BCUT2D eigenvalue weighted by Crippen LogP contribution is -2.62. The van der Waals surface area contributed by atoms with Crippen LogP contribution in [0.3, 0.4) is 0 Å². The summed E-state index contributed by atoms with van der Waals surface area (Å²) in [5.74, 6) is -0.00828. The molecule has 0 aromatic heterocycles. The van der Waals surface area contributed by atoms with Crippen LogP contribution < -0.4 is 0 Å². The maximum Gasteiger partial charge on any atom is 0.152 e. The van der Waals surface area contributed by atoms with Crippen LogP contribution in [-0.4, -0.2) is 16.5 Å². The summed E-state index contributed by atoms with van der Waals surface area (Å²) in [7, 11) is 0. The maximum atomic E-state index is 11.5. The molecule has 0 radical (unpaired) electrons. The standard InChI is InChI=1S/C17H30O2/c1-13(18)9-12-17(19)15(5,6)10-8-11-16(17,7)14(2,3)4/h9,12,19H,8,10-11H2,1-7H3/b12-9+. The van der Waals surface area contributed by atoms with E-state index in [1.165, 1.54) is 13.0 Å². The highest BCUT2D eigenvalue weighted by atomic mass is 16.3. The van der Waals surface area contributed by atoms with Crippen molar-refractivity contribution in [2.24, 2.45) is 16.2 Å². The Balaban J connectivity index is 3.40. The van der Waals surface area contributed by atoms with Crippen molar-refractivity contribution in [1.82, 2.24) is 0 Å². The highest BCUT2D eigenvalue weighted by Crippen LogP contribution is 2.61. The van der Waals surface area contributed by atoms with E-state index in [-0.39, 0.29) is 22.0 Å². The molecule has 110 valence electrons. The van der Waals surface area contributed by atoms with Gasteiger partial charge in [-0.05, 0) is 42.7 Å². The summed E-state index contributed by atoms with van der Waals surface area (Å²) in [5, 5.41) is 11.5. The van der Waals surface area contributed by atoms with Crippen molar-refractivity contribution in [1.29, 1.82) is 0 Å². The van der Waals surface area contributed by atoms with E-state index in [1.807, 2.05) is 0 Å². The molecule has 19 heavy (non-hydrogen) atoms. The first-order chi connectivity index (χ1) is 8.37. The lowest BCUT2D eigenvalue weighted by atomic mass is 9.46. The average Bonchev–Trinajstić information content (AvgIpc) is 2.21. The minimum atomic E-state index is -0.956. The summed E-state index contributed by atoms with van der Waals surface area (Å²) in [4.78, 5) is 11.3. The van der Waals surface area contributed by atoms with Gasteiger partial charge in [0.15, 0.2) is 5.78 Å². The van der Waals surface area contributed by atoms with Crippen molar-refractivity contribution in [2.45, 2.75) is 73.3 Å². The van der Waals surface area contributed by atoms with Gasteiger partial charge in [0.25, 0.3) is 0 Å². The summed E-state index contributed by atoms with van der Waals surface area (Å²) in [6.07, 6.45) is 6.39. The van der Waals surface area contributed by atoms with Crippen molar-refractivity contribution in [2.75, 3.05) is 0 Å². The average molecular weight is 266 g/mol. The molecule has 2 atom stereocenters. The molecule has 0 aromatic carbocycles. The number of carbonyl (C=O) groups excluding carboxylic acids is 1. The number of rotatable bonds is 2. The third kappa shape index (κ3) is 2.52. The Morgan fingerprint density at radius 3 is 2.11 bits per heavy atom. The molecule has 0 bridgehead atoms. The summed E-state index contributed by atoms with van der Waals surface area (Å²) in [6, 6.07) is 0. The van der Waals surface area contributed by atoms with Crippen LogP contribution in [0.25, 0.3) is 0 Å². The Bertz CT molecular complexity index is 387. The molecule has 1 aliphatic rings. The Hall–Kier alpha value is -0.630. The van der Waals surface area contributed by atoms with E-state index in [1.54, 1.807) is 6.08 Å². The van der Waals surface area contributed by atoms with Crippen LogP contribution >= 0.6 is 0 Å². The first-order valence-electron chi connectivity index (χ1n) is 7.30. The number of allylic oxidation sites excluding steroid dienone is 1. The van der Waals surface area contributed by atoms with Gasteiger partial charge >= 0.3 is 0 Å².